The zero-order chi connectivity index (χ0) is 26.8. The Kier molecular flexibility index (Phi) is 10.0. The van der Waals surface area contributed by atoms with Gasteiger partial charge in [-0.2, -0.15) is 5.26 Å². The van der Waals surface area contributed by atoms with Crippen LogP contribution in [0.25, 0.3) is 11.8 Å². The SMILES string of the molecule is CCNC(=S)Nc1ccc(Cc2ccc(N/C=c3\s/c(=C(/C#N)C(=O)OCC)n(CC)c3=O)cc2)cc1. The third-order valence-electron chi connectivity index (χ3n) is 5.31. The molecule has 0 saturated heterocycles. The summed E-state index contributed by atoms with van der Waals surface area (Å²) in [6.07, 6.45) is 2.37. The molecule has 0 spiro atoms. The number of rotatable bonds is 9. The molecule has 1 aromatic heterocycles. The topological polar surface area (TPSA) is 108 Å². The quantitative estimate of drug-likeness (QED) is 0.284. The second-order valence-electron chi connectivity index (χ2n) is 7.87. The van der Waals surface area contributed by atoms with Gasteiger partial charge in [0.15, 0.2) is 10.7 Å². The number of benzene rings is 2. The van der Waals surface area contributed by atoms with Crippen molar-refractivity contribution in [3.63, 3.8) is 0 Å². The van der Waals surface area contributed by atoms with E-state index in [2.05, 4.69) is 28.1 Å². The minimum absolute atomic E-state index is 0.149. The number of ether oxygens (including phenoxy) is 1. The lowest BCUT2D eigenvalue weighted by Crippen LogP contribution is -2.32. The molecule has 3 rings (SSSR count). The number of hydrogen-bond acceptors (Lipinski definition) is 7. The van der Waals surface area contributed by atoms with Crippen molar-refractivity contribution in [2.75, 3.05) is 23.8 Å². The van der Waals surface area contributed by atoms with Gasteiger partial charge in [0.05, 0.1) is 6.61 Å². The predicted octanol–water partition coefficient (Wildman–Crippen LogP) is 2.91. The molecular formula is C27H29N5O3S2. The normalized spacial score (nSPS) is 11.9. The Bertz CT molecular complexity index is 1470. The van der Waals surface area contributed by atoms with Gasteiger partial charge in [-0.3, -0.25) is 9.36 Å². The number of aromatic nitrogens is 1. The van der Waals surface area contributed by atoms with E-state index in [1.165, 1.54) is 10.1 Å². The van der Waals surface area contributed by atoms with Gasteiger partial charge >= 0.3 is 5.97 Å². The average molecular weight is 536 g/mol. The Morgan fingerprint density at radius 3 is 2.24 bits per heavy atom. The lowest BCUT2D eigenvalue weighted by atomic mass is 10.0. The van der Waals surface area contributed by atoms with Crippen LogP contribution in [0.4, 0.5) is 11.4 Å². The van der Waals surface area contributed by atoms with Crippen LogP contribution in [0.15, 0.2) is 53.3 Å². The monoisotopic (exact) mass is 535 g/mol. The van der Waals surface area contributed by atoms with E-state index in [9.17, 15) is 14.9 Å². The van der Waals surface area contributed by atoms with Crippen LogP contribution in [-0.2, 0) is 22.5 Å². The number of anilines is 2. The zero-order valence-corrected chi connectivity index (χ0v) is 22.6. The first-order valence-corrected chi connectivity index (χ1v) is 13.1. The van der Waals surface area contributed by atoms with Gasteiger partial charge in [-0.05, 0) is 74.8 Å². The summed E-state index contributed by atoms with van der Waals surface area (Å²) in [5, 5.41) is 19.4. The number of thiazole rings is 1. The summed E-state index contributed by atoms with van der Waals surface area (Å²) < 4.78 is 7.06. The highest BCUT2D eigenvalue weighted by Gasteiger charge is 2.16. The smallest absolute Gasteiger partial charge is 0.351 e. The van der Waals surface area contributed by atoms with Crippen molar-refractivity contribution in [1.82, 2.24) is 9.88 Å². The molecule has 8 nitrogen and oxygen atoms in total. The predicted molar refractivity (Wildman–Crippen MR) is 153 cm³/mol. The van der Waals surface area contributed by atoms with Crippen LogP contribution < -0.4 is 30.7 Å². The number of carbonyl (C=O) groups excluding carboxylic acids is 1. The van der Waals surface area contributed by atoms with Crippen molar-refractivity contribution < 1.29 is 9.53 Å². The summed E-state index contributed by atoms with van der Waals surface area (Å²) in [5.74, 6) is -0.730. The molecule has 0 amide bonds. The van der Waals surface area contributed by atoms with Crippen molar-refractivity contribution in [3.8, 4) is 6.07 Å². The molecule has 0 aliphatic rings. The van der Waals surface area contributed by atoms with Gasteiger partial charge in [0.1, 0.15) is 15.3 Å². The van der Waals surface area contributed by atoms with E-state index in [1.807, 2.05) is 49.4 Å². The van der Waals surface area contributed by atoms with Gasteiger partial charge in [-0.25, -0.2) is 4.79 Å². The van der Waals surface area contributed by atoms with Gasteiger partial charge < -0.3 is 20.7 Å². The highest BCUT2D eigenvalue weighted by Crippen LogP contribution is 2.16. The molecule has 0 aliphatic carbocycles. The van der Waals surface area contributed by atoms with E-state index in [0.29, 0.717) is 20.9 Å². The van der Waals surface area contributed by atoms with Crippen LogP contribution in [0.5, 0.6) is 0 Å². The van der Waals surface area contributed by atoms with Gasteiger partial charge in [-0.1, -0.05) is 24.3 Å². The molecule has 0 unspecified atom stereocenters. The fourth-order valence-corrected chi connectivity index (χ4v) is 4.86. The van der Waals surface area contributed by atoms with Gasteiger partial charge in [0.2, 0.25) is 0 Å². The van der Waals surface area contributed by atoms with Crippen LogP contribution in [0, 0.1) is 11.3 Å². The minimum atomic E-state index is -0.730. The highest BCUT2D eigenvalue weighted by molar-refractivity contribution is 7.80. The molecule has 37 heavy (non-hydrogen) atoms. The van der Waals surface area contributed by atoms with E-state index < -0.39 is 5.97 Å². The van der Waals surface area contributed by atoms with Gasteiger partial charge in [0.25, 0.3) is 5.56 Å². The van der Waals surface area contributed by atoms with Crippen molar-refractivity contribution in [2.45, 2.75) is 33.7 Å². The van der Waals surface area contributed by atoms with E-state index in [1.54, 1.807) is 20.0 Å². The first-order chi connectivity index (χ1) is 17.9. The fraction of sp³-hybridized carbons (Fsp3) is 0.259. The molecule has 10 heteroatoms. The first kappa shape index (κ1) is 27.6. The molecule has 192 valence electrons. The minimum Gasteiger partial charge on any atom is -0.462 e. The Hall–Kier alpha value is -3.94. The maximum atomic E-state index is 12.8. The van der Waals surface area contributed by atoms with E-state index in [-0.39, 0.29) is 17.7 Å². The number of esters is 1. The Labute approximate surface area is 224 Å². The van der Waals surface area contributed by atoms with E-state index >= 15 is 0 Å². The molecule has 0 radical (unpaired) electrons. The third kappa shape index (κ3) is 7.29. The average Bonchev–Trinajstić information content (AvgIpc) is 3.20. The molecule has 1 heterocycles. The maximum Gasteiger partial charge on any atom is 0.351 e. The van der Waals surface area contributed by atoms with Gasteiger partial charge in [0, 0.05) is 30.7 Å². The number of nitrogens with zero attached hydrogens (tertiary/aromatic N) is 2. The summed E-state index contributed by atoms with van der Waals surface area (Å²) in [7, 11) is 0. The second-order valence-corrected chi connectivity index (χ2v) is 9.31. The number of carbonyl (C=O) groups is 1. The van der Waals surface area contributed by atoms with Crippen LogP contribution in [0.1, 0.15) is 31.9 Å². The summed E-state index contributed by atoms with van der Waals surface area (Å²) in [6, 6.07) is 17.9. The maximum absolute atomic E-state index is 12.8. The Morgan fingerprint density at radius 1 is 1.08 bits per heavy atom. The number of nitrogens with one attached hydrogen (secondary N) is 3. The molecule has 0 bridgehead atoms. The standard InChI is InChI=1S/C27H29N5O3S2/c1-4-29-27(36)31-21-13-9-19(10-14-21)15-18-7-11-20(12-8-18)30-17-23-24(33)32(5-2)25(37-23)22(16-28)26(34)35-6-3/h7-14,17,30H,4-6,15H2,1-3H3,(H2,29,31,36)/b23-17-,25-22-. The molecule has 3 aromatic rings. The first-order valence-electron chi connectivity index (χ1n) is 11.9. The Morgan fingerprint density at radius 2 is 1.70 bits per heavy atom. The van der Waals surface area contributed by atoms with Crippen molar-refractivity contribution in [1.29, 1.82) is 5.26 Å². The number of thiocarbonyl (C=S) groups is 1. The lowest BCUT2D eigenvalue weighted by Gasteiger charge is -2.09. The fourth-order valence-electron chi connectivity index (χ4n) is 3.52. The zero-order valence-electron chi connectivity index (χ0n) is 21.0. The summed E-state index contributed by atoms with van der Waals surface area (Å²) >= 11 is 6.30. The molecule has 0 saturated carbocycles. The van der Waals surface area contributed by atoms with Crippen molar-refractivity contribution in [2.24, 2.45) is 0 Å². The molecule has 0 aliphatic heterocycles. The number of nitriles is 1. The summed E-state index contributed by atoms with van der Waals surface area (Å²) in [6.45, 7) is 6.70. The van der Waals surface area contributed by atoms with Crippen molar-refractivity contribution >= 4 is 57.8 Å². The van der Waals surface area contributed by atoms with Crippen LogP contribution in [0.3, 0.4) is 0 Å². The van der Waals surface area contributed by atoms with Crippen LogP contribution in [-0.4, -0.2) is 28.8 Å². The van der Waals surface area contributed by atoms with Crippen molar-refractivity contribution in [3.05, 3.63) is 79.2 Å². The van der Waals surface area contributed by atoms with E-state index in [4.69, 9.17) is 17.0 Å². The van der Waals surface area contributed by atoms with Gasteiger partial charge in [-0.15, -0.1) is 11.3 Å². The van der Waals surface area contributed by atoms with Crippen LogP contribution >= 0.6 is 23.6 Å². The second kappa shape index (κ2) is 13.4. The summed E-state index contributed by atoms with van der Waals surface area (Å²) in [5.41, 5.74) is 3.62. The lowest BCUT2D eigenvalue weighted by molar-refractivity contribution is -0.136. The molecule has 3 N–H and O–H groups in total. The molecule has 2 aromatic carbocycles. The third-order valence-corrected chi connectivity index (χ3v) is 6.69. The molecule has 0 fully saturated rings. The van der Waals surface area contributed by atoms with Crippen LogP contribution in [0.2, 0.25) is 0 Å². The Balaban J connectivity index is 1.74. The number of hydrogen-bond donors (Lipinski definition) is 3. The largest absolute Gasteiger partial charge is 0.462 e. The molecular weight excluding hydrogens is 506 g/mol. The summed E-state index contributed by atoms with van der Waals surface area (Å²) in [4.78, 5) is 25.0. The highest BCUT2D eigenvalue weighted by atomic mass is 32.1. The molecule has 0 atom stereocenters. The van der Waals surface area contributed by atoms with E-state index in [0.717, 1.165) is 41.2 Å².